The van der Waals surface area contributed by atoms with Crippen LogP contribution in [0.5, 0.6) is 0 Å². The standard InChI is InChI=1S/C12H16ClN3O4S/c1-8-7-15(4-3-14-8)21(19,20)10-5-11(13)9(2)12(6-10)16(17)18/h5-6,8,14H,3-4,7H2,1-2H3. The Kier molecular flexibility index (Phi) is 4.52. The number of nitrogens with one attached hydrogen (secondary N) is 1. The van der Waals surface area contributed by atoms with Gasteiger partial charge in [0.25, 0.3) is 5.69 Å². The maximum Gasteiger partial charge on any atom is 0.275 e. The lowest BCUT2D eigenvalue weighted by molar-refractivity contribution is -0.385. The van der Waals surface area contributed by atoms with Gasteiger partial charge in [-0.05, 0) is 19.9 Å². The molecular weight excluding hydrogens is 318 g/mol. The molecule has 21 heavy (non-hydrogen) atoms. The van der Waals surface area contributed by atoms with Crippen molar-refractivity contribution in [2.24, 2.45) is 0 Å². The Balaban J connectivity index is 2.47. The molecule has 0 radical (unpaired) electrons. The number of halogens is 1. The maximum absolute atomic E-state index is 12.6. The second kappa shape index (κ2) is 5.88. The Labute approximate surface area is 128 Å². The summed E-state index contributed by atoms with van der Waals surface area (Å²) in [5.41, 5.74) is -0.0291. The minimum atomic E-state index is -3.79. The van der Waals surface area contributed by atoms with Crippen molar-refractivity contribution in [2.75, 3.05) is 19.6 Å². The fraction of sp³-hybridized carbons (Fsp3) is 0.500. The molecule has 1 unspecified atom stereocenters. The molecule has 1 saturated heterocycles. The molecule has 116 valence electrons. The van der Waals surface area contributed by atoms with Crippen molar-refractivity contribution in [3.8, 4) is 0 Å². The van der Waals surface area contributed by atoms with E-state index in [4.69, 9.17) is 11.6 Å². The molecule has 1 N–H and O–H groups in total. The van der Waals surface area contributed by atoms with E-state index in [2.05, 4.69) is 5.32 Å². The molecule has 1 atom stereocenters. The van der Waals surface area contributed by atoms with Crippen molar-refractivity contribution in [2.45, 2.75) is 24.8 Å². The van der Waals surface area contributed by atoms with Crippen LogP contribution in [0.2, 0.25) is 5.02 Å². The highest BCUT2D eigenvalue weighted by Crippen LogP contribution is 2.31. The first-order valence-electron chi connectivity index (χ1n) is 6.41. The number of nitro groups is 1. The summed E-state index contributed by atoms with van der Waals surface area (Å²) < 4.78 is 26.5. The number of piperazine rings is 1. The van der Waals surface area contributed by atoms with Gasteiger partial charge in [-0.1, -0.05) is 11.6 Å². The van der Waals surface area contributed by atoms with Gasteiger partial charge in [-0.25, -0.2) is 8.42 Å². The van der Waals surface area contributed by atoms with Crippen LogP contribution in [-0.2, 0) is 10.0 Å². The Hall–Kier alpha value is -1.22. The molecule has 1 aromatic rings. The summed E-state index contributed by atoms with van der Waals surface area (Å²) >= 11 is 5.94. The molecule has 0 saturated carbocycles. The van der Waals surface area contributed by atoms with Crippen molar-refractivity contribution in [3.63, 3.8) is 0 Å². The van der Waals surface area contributed by atoms with Crippen LogP contribution in [0.1, 0.15) is 12.5 Å². The van der Waals surface area contributed by atoms with Gasteiger partial charge in [0.15, 0.2) is 0 Å². The highest BCUT2D eigenvalue weighted by atomic mass is 35.5. The quantitative estimate of drug-likeness (QED) is 0.669. The Morgan fingerprint density at radius 1 is 1.48 bits per heavy atom. The van der Waals surface area contributed by atoms with E-state index in [-0.39, 0.29) is 27.2 Å². The first kappa shape index (κ1) is 16.2. The average molecular weight is 334 g/mol. The first-order chi connectivity index (χ1) is 9.73. The van der Waals surface area contributed by atoms with Gasteiger partial charge in [-0.15, -0.1) is 0 Å². The molecule has 2 rings (SSSR count). The van der Waals surface area contributed by atoms with Crippen LogP contribution < -0.4 is 5.32 Å². The van der Waals surface area contributed by atoms with Crippen molar-refractivity contribution in [3.05, 3.63) is 32.8 Å². The van der Waals surface area contributed by atoms with Crippen LogP contribution in [0.4, 0.5) is 5.69 Å². The third-order valence-electron chi connectivity index (χ3n) is 3.46. The summed E-state index contributed by atoms with van der Waals surface area (Å²) in [7, 11) is -3.79. The SMILES string of the molecule is Cc1c(Cl)cc(S(=O)(=O)N2CCNC(C)C2)cc1[N+](=O)[O-]. The van der Waals surface area contributed by atoms with E-state index >= 15 is 0 Å². The zero-order valence-corrected chi connectivity index (χ0v) is 13.2. The van der Waals surface area contributed by atoms with E-state index in [0.29, 0.717) is 19.6 Å². The van der Waals surface area contributed by atoms with E-state index in [1.54, 1.807) is 0 Å². The Morgan fingerprint density at radius 3 is 2.71 bits per heavy atom. The molecule has 1 aliphatic heterocycles. The number of hydrogen-bond donors (Lipinski definition) is 1. The molecule has 0 amide bonds. The average Bonchev–Trinajstić information content (AvgIpc) is 2.41. The minimum absolute atomic E-state index is 0.0319. The summed E-state index contributed by atoms with van der Waals surface area (Å²) in [6.07, 6.45) is 0. The van der Waals surface area contributed by atoms with Gasteiger partial charge in [-0.3, -0.25) is 10.1 Å². The van der Waals surface area contributed by atoms with E-state index in [1.807, 2.05) is 6.92 Å². The van der Waals surface area contributed by atoms with Crippen LogP contribution in [0.15, 0.2) is 17.0 Å². The number of rotatable bonds is 3. The van der Waals surface area contributed by atoms with Gasteiger partial charge in [-0.2, -0.15) is 4.31 Å². The molecule has 7 nitrogen and oxygen atoms in total. The van der Waals surface area contributed by atoms with Gasteiger partial charge in [0.1, 0.15) is 0 Å². The van der Waals surface area contributed by atoms with E-state index in [0.717, 1.165) is 6.07 Å². The third kappa shape index (κ3) is 3.18. The van der Waals surface area contributed by atoms with Crippen LogP contribution in [0, 0.1) is 17.0 Å². The smallest absolute Gasteiger partial charge is 0.275 e. The molecule has 1 aromatic carbocycles. The van der Waals surface area contributed by atoms with Crippen LogP contribution in [0.25, 0.3) is 0 Å². The number of benzene rings is 1. The molecule has 0 aliphatic carbocycles. The van der Waals surface area contributed by atoms with Gasteiger partial charge in [0.2, 0.25) is 10.0 Å². The fourth-order valence-corrected chi connectivity index (χ4v) is 4.10. The maximum atomic E-state index is 12.6. The van der Waals surface area contributed by atoms with Crippen molar-refractivity contribution in [1.29, 1.82) is 0 Å². The summed E-state index contributed by atoms with van der Waals surface area (Å²) in [5, 5.41) is 14.2. The summed E-state index contributed by atoms with van der Waals surface area (Å²) in [6, 6.07) is 2.37. The number of nitro benzene ring substituents is 1. The van der Waals surface area contributed by atoms with Crippen LogP contribution in [0.3, 0.4) is 0 Å². The molecule has 0 aromatic heterocycles. The molecule has 0 bridgehead atoms. The monoisotopic (exact) mass is 333 g/mol. The van der Waals surface area contributed by atoms with Gasteiger partial charge >= 0.3 is 0 Å². The largest absolute Gasteiger partial charge is 0.312 e. The molecule has 0 spiro atoms. The second-order valence-corrected chi connectivity index (χ2v) is 7.37. The predicted molar refractivity (Wildman–Crippen MR) is 79.1 cm³/mol. The predicted octanol–water partition coefficient (Wildman–Crippen LogP) is 1.54. The normalized spacial score (nSPS) is 20.4. The highest BCUT2D eigenvalue weighted by Gasteiger charge is 2.30. The zero-order chi connectivity index (χ0) is 15.8. The lowest BCUT2D eigenvalue weighted by atomic mass is 10.2. The topological polar surface area (TPSA) is 92.6 Å². The van der Waals surface area contributed by atoms with Gasteiger partial charge in [0, 0.05) is 37.3 Å². The van der Waals surface area contributed by atoms with E-state index in [9.17, 15) is 18.5 Å². The van der Waals surface area contributed by atoms with Crippen molar-refractivity contribution < 1.29 is 13.3 Å². The van der Waals surface area contributed by atoms with E-state index < -0.39 is 14.9 Å². The summed E-state index contributed by atoms with van der Waals surface area (Å²) in [4.78, 5) is 10.2. The van der Waals surface area contributed by atoms with Crippen molar-refractivity contribution in [1.82, 2.24) is 9.62 Å². The lowest BCUT2D eigenvalue weighted by Gasteiger charge is -2.31. The molecule has 9 heteroatoms. The number of sulfonamides is 1. The van der Waals surface area contributed by atoms with Crippen LogP contribution in [-0.4, -0.2) is 43.3 Å². The summed E-state index contributed by atoms with van der Waals surface area (Å²) in [6.45, 7) is 4.56. The Bertz CT molecular complexity index is 677. The van der Waals surface area contributed by atoms with Gasteiger partial charge in [0.05, 0.1) is 14.8 Å². The second-order valence-electron chi connectivity index (χ2n) is 5.02. The fourth-order valence-electron chi connectivity index (χ4n) is 2.24. The molecular formula is C12H16ClN3O4S. The molecule has 1 heterocycles. The third-order valence-corrected chi connectivity index (χ3v) is 5.69. The number of nitrogens with zero attached hydrogens (tertiary/aromatic N) is 2. The number of hydrogen-bond acceptors (Lipinski definition) is 5. The highest BCUT2D eigenvalue weighted by molar-refractivity contribution is 7.89. The lowest BCUT2D eigenvalue weighted by Crippen LogP contribution is -2.51. The minimum Gasteiger partial charge on any atom is -0.312 e. The summed E-state index contributed by atoms with van der Waals surface area (Å²) in [5.74, 6) is 0. The Morgan fingerprint density at radius 2 is 2.14 bits per heavy atom. The first-order valence-corrected chi connectivity index (χ1v) is 8.23. The molecule has 1 aliphatic rings. The van der Waals surface area contributed by atoms with E-state index in [1.165, 1.54) is 17.3 Å². The van der Waals surface area contributed by atoms with Crippen LogP contribution >= 0.6 is 11.6 Å². The molecule has 1 fully saturated rings. The zero-order valence-electron chi connectivity index (χ0n) is 11.7. The van der Waals surface area contributed by atoms with Gasteiger partial charge < -0.3 is 5.32 Å². The van der Waals surface area contributed by atoms with Crippen molar-refractivity contribution >= 4 is 27.3 Å².